The fourth-order valence-electron chi connectivity index (χ4n) is 2.50. The third kappa shape index (κ3) is 2.32. The molecule has 1 aromatic heterocycles. The molecular weight excluding hydrogens is 296 g/mol. The quantitative estimate of drug-likeness (QED) is 0.882. The predicted octanol–water partition coefficient (Wildman–Crippen LogP) is 1.58. The molecule has 1 aromatic carbocycles. The van der Waals surface area contributed by atoms with Gasteiger partial charge in [0.15, 0.2) is 5.69 Å². The minimum Gasteiger partial charge on any atom is -0.476 e. The number of hydrogen-bond acceptors (Lipinski definition) is 3. The zero-order valence-electron chi connectivity index (χ0n) is 11.3. The van der Waals surface area contributed by atoms with E-state index in [0.717, 1.165) is 12.1 Å². The average molecular weight is 307 g/mol. The van der Waals surface area contributed by atoms with Gasteiger partial charge in [-0.2, -0.15) is 5.10 Å². The van der Waals surface area contributed by atoms with Crippen molar-refractivity contribution in [2.24, 2.45) is 0 Å². The summed E-state index contributed by atoms with van der Waals surface area (Å²) in [6.45, 7) is 0.341. The molecule has 114 valence electrons. The lowest BCUT2D eigenvalue weighted by atomic mass is 10.0. The van der Waals surface area contributed by atoms with Gasteiger partial charge in [0.1, 0.15) is 11.6 Å². The minimum atomic E-state index is -1.14. The van der Waals surface area contributed by atoms with Gasteiger partial charge in [-0.3, -0.25) is 9.89 Å². The average Bonchev–Trinajstić information content (AvgIpc) is 2.89. The molecule has 0 aliphatic carbocycles. The number of benzene rings is 1. The van der Waals surface area contributed by atoms with Gasteiger partial charge in [-0.05, 0) is 18.6 Å². The van der Waals surface area contributed by atoms with Crippen LogP contribution in [0.4, 0.5) is 8.78 Å². The molecule has 6 nitrogen and oxygen atoms in total. The molecule has 2 heterocycles. The highest BCUT2D eigenvalue weighted by Gasteiger charge is 2.28. The standard InChI is InChI=1S/C14H11F2N3O3/c15-7-1-2-8(10(16)5-7)13(20)19-4-3-9-11(6-19)17-18-12(9)14(21)22/h1-2,5H,3-4,6H2,(H,17,18)(H,21,22). The number of aromatic amines is 1. The molecule has 1 aliphatic rings. The van der Waals surface area contributed by atoms with Crippen LogP contribution in [-0.2, 0) is 13.0 Å². The first-order valence-corrected chi connectivity index (χ1v) is 6.51. The Morgan fingerprint density at radius 1 is 1.32 bits per heavy atom. The Morgan fingerprint density at radius 2 is 2.09 bits per heavy atom. The van der Waals surface area contributed by atoms with E-state index >= 15 is 0 Å². The van der Waals surface area contributed by atoms with Gasteiger partial charge < -0.3 is 10.0 Å². The summed E-state index contributed by atoms with van der Waals surface area (Å²) < 4.78 is 26.6. The zero-order valence-corrected chi connectivity index (χ0v) is 11.3. The number of carbonyl (C=O) groups is 2. The maximum Gasteiger partial charge on any atom is 0.356 e. The second-order valence-corrected chi connectivity index (χ2v) is 4.94. The van der Waals surface area contributed by atoms with Crippen LogP contribution in [0.5, 0.6) is 0 Å². The van der Waals surface area contributed by atoms with Gasteiger partial charge >= 0.3 is 5.97 Å². The molecule has 0 radical (unpaired) electrons. The van der Waals surface area contributed by atoms with Crippen molar-refractivity contribution in [1.82, 2.24) is 15.1 Å². The van der Waals surface area contributed by atoms with Crippen molar-refractivity contribution in [3.05, 3.63) is 52.3 Å². The molecule has 0 bridgehead atoms. The fourth-order valence-corrected chi connectivity index (χ4v) is 2.50. The van der Waals surface area contributed by atoms with Gasteiger partial charge in [-0.25, -0.2) is 13.6 Å². The first-order valence-electron chi connectivity index (χ1n) is 6.51. The number of halogens is 2. The van der Waals surface area contributed by atoms with Gasteiger partial charge in [0.05, 0.1) is 17.8 Å². The van der Waals surface area contributed by atoms with Crippen LogP contribution in [0.15, 0.2) is 18.2 Å². The van der Waals surface area contributed by atoms with Crippen molar-refractivity contribution in [3.63, 3.8) is 0 Å². The molecule has 0 atom stereocenters. The lowest BCUT2D eigenvalue weighted by molar-refractivity contribution is 0.0689. The van der Waals surface area contributed by atoms with Gasteiger partial charge in [-0.15, -0.1) is 0 Å². The third-order valence-corrected chi connectivity index (χ3v) is 3.58. The lowest BCUT2D eigenvalue weighted by Gasteiger charge is -2.26. The zero-order chi connectivity index (χ0) is 15.9. The summed E-state index contributed by atoms with van der Waals surface area (Å²) in [4.78, 5) is 24.7. The van der Waals surface area contributed by atoms with Crippen LogP contribution in [0.25, 0.3) is 0 Å². The Morgan fingerprint density at radius 3 is 2.77 bits per heavy atom. The molecule has 0 saturated carbocycles. The second-order valence-electron chi connectivity index (χ2n) is 4.94. The van der Waals surface area contributed by atoms with Crippen LogP contribution in [0, 0.1) is 11.6 Å². The molecule has 1 amide bonds. The number of carbonyl (C=O) groups excluding carboxylic acids is 1. The Kier molecular flexibility index (Phi) is 3.36. The topological polar surface area (TPSA) is 86.3 Å². The summed E-state index contributed by atoms with van der Waals surface area (Å²) in [6, 6.07) is 2.77. The van der Waals surface area contributed by atoms with Gasteiger partial charge in [-0.1, -0.05) is 0 Å². The summed E-state index contributed by atoms with van der Waals surface area (Å²) in [5, 5.41) is 15.3. The van der Waals surface area contributed by atoms with Crippen LogP contribution in [-0.4, -0.2) is 38.6 Å². The van der Waals surface area contributed by atoms with Gasteiger partial charge in [0.25, 0.3) is 5.91 Å². The molecule has 8 heteroatoms. The van der Waals surface area contributed by atoms with Crippen molar-refractivity contribution >= 4 is 11.9 Å². The smallest absolute Gasteiger partial charge is 0.356 e. The molecule has 0 saturated heterocycles. The molecule has 0 unspecified atom stereocenters. The van der Waals surface area contributed by atoms with E-state index in [9.17, 15) is 18.4 Å². The van der Waals surface area contributed by atoms with E-state index in [4.69, 9.17) is 5.11 Å². The summed E-state index contributed by atoms with van der Waals surface area (Å²) in [6.07, 6.45) is 0.308. The number of aromatic nitrogens is 2. The molecular formula is C14H11F2N3O3. The van der Waals surface area contributed by atoms with Crippen molar-refractivity contribution in [1.29, 1.82) is 0 Å². The van der Waals surface area contributed by atoms with Crippen molar-refractivity contribution < 1.29 is 23.5 Å². The van der Waals surface area contributed by atoms with E-state index in [0.29, 0.717) is 23.7 Å². The minimum absolute atomic E-state index is 0.0601. The molecule has 1 aliphatic heterocycles. The van der Waals surface area contributed by atoms with Crippen LogP contribution < -0.4 is 0 Å². The molecule has 2 aromatic rings. The van der Waals surface area contributed by atoms with Gasteiger partial charge in [0, 0.05) is 18.2 Å². The lowest BCUT2D eigenvalue weighted by Crippen LogP contribution is -2.36. The highest BCUT2D eigenvalue weighted by atomic mass is 19.1. The highest BCUT2D eigenvalue weighted by Crippen LogP contribution is 2.22. The van der Waals surface area contributed by atoms with E-state index in [-0.39, 0.29) is 24.3 Å². The van der Waals surface area contributed by atoms with Crippen molar-refractivity contribution in [3.8, 4) is 0 Å². The second kappa shape index (κ2) is 5.21. The monoisotopic (exact) mass is 307 g/mol. The van der Waals surface area contributed by atoms with E-state index in [1.807, 2.05) is 0 Å². The largest absolute Gasteiger partial charge is 0.476 e. The molecule has 22 heavy (non-hydrogen) atoms. The number of rotatable bonds is 2. The number of nitrogens with zero attached hydrogens (tertiary/aromatic N) is 2. The van der Waals surface area contributed by atoms with Crippen molar-refractivity contribution in [2.45, 2.75) is 13.0 Å². The van der Waals surface area contributed by atoms with Crippen LogP contribution in [0.2, 0.25) is 0 Å². The molecule has 0 fully saturated rings. The number of H-pyrrole nitrogens is 1. The molecule has 2 N–H and O–H groups in total. The third-order valence-electron chi connectivity index (χ3n) is 3.58. The Balaban J connectivity index is 1.85. The number of amides is 1. The number of hydrogen-bond donors (Lipinski definition) is 2. The first kappa shape index (κ1) is 14.2. The number of aromatic carboxylic acids is 1. The summed E-state index contributed by atoms with van der Waals surface area (Å²) >= 11 is 0. The first-order chi connectivity index (χ1) is 10.5. The maximum atomic E-state index is 13.7. The number of nitrogens with one attached hydrogen (secondary N) is 1. The maximum absolute atomic E-state index is 13.7. The van der Waals surface area contributed by atoms with E-state index < -0.39 is 23.5 Å². The van der Waals surface area contributed by atoms with Crippen LogP contribution >= 0.6 is 0 Å². The van der Waals surface area contributed by atoms with Crippen LogP contribution in [0.1, 0.15) is 32.1 Å². The van der Waals surface area contributed by atoms with Crippen LogP contribution in [0.3, 0.4) is 0 Å². The summed E-state index contributed by atoms with van der Waals surface area (Å²) in [5.41, 5.74) is 0.786. The van der Waals surface area contributed by atoms with E-state index in [1.54, 1.807) is 0 Å². The van der Waals surface area contributed by atoms with E-state index in [2.05, 4.69) is 10.2 Å². The van der Waals surface area contributed by atoms with Crippen molar-refractivity contribution in [2.75, 3.05) is 6.54 Å². The number of carboxylic acids is 1. The van der Waals surface area contributed by atoms with E-state index in [1.165, 1.54) is 4.90 Å². The Labute approximate surface area is 123 Å². The Bertz CT molecular complexity index is 773. The molecule has 3 rings (SSSR count). The summed E-state index contributed by atoms with van der Waals surface area (Å²) in [5.74, 6) is -3.39. The predicted molar refractivity (Wildman–Crippen MR) is 70.3 cm³/mol. The fraction of sp³-hybridized carbons (Fsp3) is 0.214. The highest BCUT2D eigenvalue weighted by molar-refractivity contribution is 5.94. The van der Waals surface area contributed by atoms with Gasteiger partial charge in [0.2, 0.25) is 0 Å². The Hall–Kier alpha value is -2.77. The number of carboxylic acid groups (broad SMARTS) is 1. The molecule has 0 spiro atoms. The normalized spacial score (nSPS) is 13.8. The summed E-state index contributed by atoms with van der Waals surface area (Å²) in [7, 11) is 0. The SMILES string of the molecule is O=C(O)c1n[nH]c2c1CCN(C(=O)c1ccc(F)cc1F)C2. The number of fused-ring (bicyclic) bond motifs is 1.